The number of carbonyl (C=O) groups excluding carboxylic acids is 3. The number of rotatable bonds is 66. The molecule has 0 rings (SSSR count). The molecule has 0 N–H and O–H groups in total. The Hall–Kier alpha value is -2.63. The van der Waals surface area contributed by atoms with Gasteiger partial charge in [-0.3, -0.25) is 14.4 Å². The van der Waals surface area contributed by atoms with Crippen molar-refractivity contribution in [2.75, 3.05) is 13.2 Å². The summed E-state index contributed by atoms with van der Waals surface area (Å²) in [6.07, 6.45) is 87.0. The fraction of sp³-hybridized carbons (Fsp3) is 0.851. The molecular formula is C74H136O6. The maximum Gasteiger partial charge on any atom is 0.306 e. The molecule has 0 amide bonds. The van der Waals surface area contributed by atoms with Gasteiger partial charge >= 0.3 is 17.9 Å². The van der Waals surface area contributed by atoms with Crippen molar-refractivity contribution < 1.29 is 28.6 Å². The Morgan fingerprint density at radius 3 is 0.700 bits per heavy atom. The minimum absolute atomic E-state index is 0.0743. The van der Waals surface area contributed by atoms with Crippen LogP contribution in [0.3, 0.4) is 0 Å². The number of esters is 3. The number of ether oxygens (including phenoxy) is 3. The lowest BCUT2D eigenvalue weighted by atomic mass is 10.0. The van der Waals surface area contributed by atoms with E-state index in [1.165, 1.54) is 276 Å². The Labute approximate surface area is 498 Å². The van der Waals surface area contributed by atoms with Crippen molar-refractivity contribution in [2.45, 2.75) is 393 Å². The largest absolute Gasteiger partial charge is 0.462 e. The highest BCUT2D eigenvalue weighted by molar-refractivity contribution is 5.71. The lowest BCUT2D eigenvalue weighted by molar-refractivity contribution is -0.167. The van der Waals surface area contributed by atoms with Crippen LogP contribution >= 0.6 is 0 Å². The molecule has 0 fully saturated rings. The number of allylic oxidation sites excluding steroid dienone is 8. The highest BCUT2D eigenvalue weighted by atomic mass is 16.6. The molecule has 0 aromatic carbocycles. The van der Waals surface area contributed by atoms with Gasteiger partial charge in [0.15, 0.2) is 6.10 Å². The van der Waals surface area contributed by atoms with Crippen LogP contribution in [0.25, 0.3) is 0 Å². The van der Waals surface area contributed by atoms with E-state index in [2.05, 4.69) is 69.4 Å². The van der Waals surface area contributed by atoms with Gasteiger partial charge in [-0.1, -0.05) is 313 Å². The number of hydrogen-bond acceptors (Lipinski definition) is 6. The van der Waals surface area contributed by atoms with Crippen LogP contribution in [0.1, 0.15) is 387 Å². The van der Waals surface area contributed by atoms with Gasteiger partial charge in [-0.05, 0) is 103 Å². The van der Waals surface area contributed by atoms with Gasteiger partial charge in [-0.25, -0.2) is 0 Å². The smallest absolute Gasteiger partial charge is 0.306 e. The maximum atomic E-state index is 13.0. The van der Waals surface area contributed by atoms with Crippen molar-refractivity contribution in [3.8, 4) is 0 Å². The SMILES string of the molecule is CCCCCCC/C=C\C/C=C\CCCCCCCCCCCC(=O)OC(COC(=O)CCCCCCC/C=C\CCCCCCCCC)COC(=O)CCCCCCCCCCCCCCC/C=C\CCCCCCCCCC. The summed E-state index contributed by atoms with van der Waals surface area (Å²) in [6.45, 7) is 6.68. The summed E-state index contributed by atoms with van der Waals surface area (Å²) in [5.74, 6) is -0.862. The molecule has 0 aromatic heterocycles. The highest BCUT2D eigenvalue weighted by Crippen LogP contribution is 2.18. The third-order valence-corrected chi connectivity index (χ3v) is 16.0. The molecule has 0 spiro atoms. The van der Waals surface area contributed by atoms with E-state index in [0.29, 0.717) is 19.3 Å². The summed E-state index contributed by atoms with van der Waals surface area (Å²) in [7, 11) is 0. The molecule has 80 heavy (non-hydrogen) atoms. The fourth-order valence-corrected chi connectivity index (χ4v) is 10.6. The molecule has 0 aliphatic rings. The van der Waals surface area contributed by atoms with E-state index in [-0.39, 0.29) is 31.1 Å². The maximum absolute atomic E-state index is 13.0. The minimum Gasteiger partial charge on any atom is -0.462 e. The van der Waals surface area contributed by atoms with Crippen LogP contribution in [0.2, 0.25) is 0 Å². The average molecular weight is 1120 g/mol. The van der Waals surface area contributed by atoms with Crippen LogP contribution in [0.5, 0.6) is 0 Å². The van der Waals surface area contributed by atoms with E-state index in [1.807, 2.05) is 0 Å². The zero-order valence-corrected chi connectivity index (χ0v) is 53.9. The Morgan fingerprint density at radius 2 is 0.450 bits per heavy atom. The first-order valence-electron chi connectivity index (χ1n) is 35.6. The van der Waals surface area contributed by atoms with E-state index in [4.69, 9.17) is 14.2 Å². The predicted molar refractivity (Wildman–Crippen MR) is 349 cm³/mol. The molecule has 0 aromatic rings. The second-order valence-corrected chi connectivity index (χ2v) is 24.1. The molecule has 6 heteroatoms. The highest BCUT2D eigenvalue weighted by Gasteiger charge is 2.19. The molecule has 0 aliphatic carbocycles. The van der Waals surface area contributed by atoms with Gasteiger partial charge in [-0.15, -0.1) is 0 Å². The van der Waals surface area contributed by atoms with Crippen molar-refractivity contribution in [3.05, 3.63) is 48.6 Å². The van der Waals surface area contributed by atoms with Crippen LogP contribution in [0, 0.1) is 0 Å². The summed E-state index contributed by atoms with van der Waals surface area (Å²) in [4.78, 5) is 38.5. The lowest BCUT2D eigenvalue weighted by Crippen LogP contribution is -2.30. The van der Waals surface area contributed by atoms with Crippen molar-refractivity contribution in [1.29, 1.82) is 0 Å². The molecule has 6 nitrogen and oxygen atoms in total. The summed E-state index contributed by atoms with van der Waals surface area (Å²) < 4.78 is 17.0. The third-order valence-electron chi connectivity index (χ3n) is 16.0. The Bertz CT molecular complexity index is 1380. The first kappa shape index (κ1) is 77.4. The number of hydrogen-bond donors (Lipinski definition) is 0. The van der Waals surface area contributed by atoms with Crippen molar-refractivity contribution in [2.24, 2.45) is 0 Å². The zero-order chi connectivity index (χ0) is 57.8. The molecule has 0 saturated heterocycles. The van der Waals surface area contributed by atoms with E-state index in [9.17, 15) is 14.4 Å². The summed E-state index contributed by atoms with van der Waals surface area (Å²) in [5, 5.41) is 0. The fourth-order valence-electron chi connectivity index (χ4n) is 10.6. The van der Waals surface area contributed by atoms with Crippen molar-refractivity contribution in [3.63, 3.8) is 0 Å². The predicted octanol–water partition coefficient (Wildman–Crippen LogP) is 24.5. The van der Waals surface area contributed by atoms with Crippen molar-refractivity contribution >= 4 is 17.9 Å². The Kier molecular flexibility index (Phi) is 66.6. The molecular weight excluding hydrogens is 985 g/mol. The number of unbranched alkanes of at least 4 members (excludes halogenated alkanes) is 47. The molecule has 1 unspecified atom stereocenters. The third kappa shape index (κ3) is 66.2. The Morgan fingerprint density at radius 1 is 0.250 bits per heavy atom. The van der Waals surface area contributed by atoms with E-state index >= 15 is 0 Å². The molecule has 0 aliphatic heterocycles. The first-order valence-corrected chi connectivity index (χ1v) is 35.6. The number of carbonyl (C=O) groups is 3. The minimum atomic E-state index is -0.780. The zero-order valence-electron chi connectivity index (χ0n) is 53.9. The van der Waals surface area contributed by atoms with Gasteiger partial charge in [0.2, 0.25) is 0 Å². The van der Waals surface area contributed by atoms with Crippen LogP contribution in [0.4, 0.5) is 0 Å². The van der Waals surface area contributed by atoms with E-state index in [1.54, 1.807) is 0 Å². The van der Waals surface area contributed by atoms with E-state index in [0.717, 1.165) is 70.6 Å². The normalized spacial score (nSPS) is 12.3. The molecule has 0 saturated carbocycles. The molecule has 468 valence electrons. The quantitative estimate of drug-likeness (QED) is 0.0261. The average Bonchev–Trinajstić information content (AvgIpc) is 3.46. The summed E-state index contributed by atoms with van der Waals surface area (Å²) in [5.41, 5.74) is 0. The van der Waals surface area contributed by atoms with Crippen molar-refractivity contribution in [1.82, 2.24) is 0 Å². The molecule has 1 atom stereocenters. The summed E-state index contributed by atoms with van der Waals surface area (Å²) in [6, 6.07) is 0. The Balaban J connectivity index is 4.31. The monoisotopic (exact) mass is 1120 g/mol. The first-order chi connectivity index (χ1) is 39.5. The second-order valence-electron chi connectivity index (χ2n) is 24.1. The second kappa shape index (κ2) is 68.9. The topological polar surface area (TPSA) is 78.9 Å². The van der Waals surface area contributed by atoms with Crippen LogP contribution in [-0.4, -0.2) is 37.2 Å². The van der Waals surface area contributed by atoms with Crippen LogP contribution < -0.4 is 0 Å². The summed E-state index contributed by atoms with van der Waals surface area (Å²) >= 11 is 0. The standard InChI is InChI=1S/C74H136O6/c1-4-7-10-13-16-19-22-25-28-31-33-35-36-37-38-40-41-43-46-49-52-55-58-61-64-67-73(76)79-70-71(69-78-72(75)66-63-60-57-54-51-48-45-30-27-24-21-18-15-12-9-6-3)80-74(77)68-65-62-59-56-53-50-47-44-42-39-34-32-29-26-23-20-17-14-11-8-5-2/h23,26,30-34,45,71H,4-22,24-25,27-29,35-44,46-70H2,1-3H3/b26-23-,33-31-,34-32-,45-30-. The molecule has 0 bridgehead atoms. The molecule has 0 heterocycles. The lowest BCUT2D eigenvalue weighted by Gasteiger charge is -2.18. The van der Waals surface area contributed by atoms with Gasteiger partial charge in [0.1, 0.15) is 13.2 Å². The van der Waals surface area contributed by atoms with Gasteiger partial charge in [0.05, 0.1) is 0 Å². The van der Waals surface area contributed by atoms with Crippen LogP contribution in [0.15, 0.2) is 48.6 Å². The van der Waals surface area contributed by atoms with Gasteiger partial charge < -0.3 is 14.2 Å². The van der Waals surface area contributed by atoms with Crippen LogP contribution in [-0.2, 0) is 28.6 Å². The molecule has 0 radical (unpaired) electrons. The van der Waals surface area contributed by atoms with Gasteiger partial charge in [-0.2, -0.15) is 0 Å². The van der Waals surface area contributed by atoms with E-state index < -0.39 is 6.10 Å². The van der Waals surface area contributed by atoms with Gasteiger partial charge in [0.25, 0.3) is 0 Å². The van der Waals surface area contributed by atoms with Gasteiger partial charge in [0, 0.05) is 19.3 Å².